The van der Waals surface area contributed by atoms with Gasteiger partial charge in [0.1, 0.15) is 0 Å². The Morgan fingerprint density at radius 3 is 2.28 bits per heavy atom. The zero-order valence-electron chi connectivity index (χ0n) is 21.8. The normalized spacial score (nSPS) is 18.0. The maximum Gasteiger partial charge on any atom is 1.00 e. The van der Waals surface area contributed by atoms with Gasteiger partial charge in [-0.05, 0) is 113 Å². The second kappa shape index (κ2) is 11.0. The molecule has 9 nitrogen and oxygen atoms in total. The van der Waals surface area contributed by atoms with Gasteiger partial charge in [-0.25, -0.2) is 8.42 Å². The van der Waals surface area contributed by atoms with Crippen molar-refractivity contribution in [3.63, 3.8) is 0 Å². The average molecular weight is 523 g/mol. The number of nitrogens with zero attached hydrogens (tertiary/aromatic N) is 5. The van der Waals surface area contributed by atoms with Crippen LogP contribution in [0.4, 0.5) is 16.2 Å². The molecule has 0 radical (unpaired) electrons. The van der Waals surface area contributed by atoms with Gasteiger partial charge in [0.05, 0.1) is 11.9 Å². The molecule has 1 aliphatic heterocycles. The molecule has 0 atom stereocenters. The predicted octanol–water partition coefficient (Wildman–Crippen LogP) is 1.20. The summed E-state index contributed by atoms with van der Waals surface area (Å²) in [5.74, 6) is 0. The number of hydrogen-bond acceptors (Lipinski definition) is 5. The summed E-state index contributed by atoms with van der Waals surface area (Å²) in [7, 11) is -2.25. The van der Waals surface area contributed by atoms with Crippen LogP contribution in [-0.2, 0) is 35.9 Å². The van der Waals surface area contributed by atoms with Crippen LogP contribution in [0.2, 0.25) is 0 Å². The molecular weight excluding hydrogens is 487 g/mol. The summed E-state index contributed by atoms with van der Waals surface area (Å²) >= 11 is 0. The second-order valence-corrected chi connectivity index (χ2v) is 11.8. The van der Waals surface area contributed by atoms with Crippen LogP contribution in [0.15, 0.2) is 18.5 Å². The Bertz CT molecular complexity index is 1190. The molecule has 1 saturated heterocycles. The first-order valence-electron chi connectivity index (χ1n) is 12.7. The molecule has 0 unspecified atom stereocenters. The summed E-state index contributed by atoms with van der Waals surface area (Å²) in [4.78, 5) is 15.3. The zero-order valence-corrected chi connectivity index (χ0v) is 24.6. The van der Waals surface area contributed by atoms with Gasteiger partial charge in [0.2, 0.25) is 0 Å². The monoisotopic (exact) mass is 522 g/mol. The maximum atomic E-state index is 13.6. The van der Waals surface area contributed by atoms with Gasteiger partial charge in [-0.1, -0.05) is 6.07 Å². The summed E-state index contributed by atoms with van der Waals surface area (Å²) in [5, 5.41) is 7.24. The molecule has 1 N–H and O–H groups in total. The number of hydrogen-bond donors (Lipinski definition) is 1. The van der Waals surface area contributed by atoms with Crippen LogP contribution in [0.25, 0.3) is 4.72 Å². The van der Waals surface area contributed by atoms with E-state index in [0.717, 1.165) is 68.4 Å². The number of amides is 2. The molecule has 0 spiro atoms. The number of rotatable bonds is 6. The molecule has 190 valence electrons. The molecule has 1 aromatic heterocycles. The van der Waals surface area contributed by atoms with Gasteiger partial charge in [-0.15, -0.1) is 0 Å². The molecule has 3 aliphatic rings. The van der Waals surface area contributed by atoms with Crippen molar-refractivity contribution >= 4 is 27.6 Å². The van der Waals surface area contributed by atoms with Gasteiger partial charge in [0.25, 0.3) is 10.2 Å². The van der Waals surface area contributed by atoms with Crippen LogP contribution in [-0.4, -0.2) is 55.3 Å². The zero-order chi connectivity index (χ0) is 24.7. The molecule has 1 aromatic carbocycles. The number of urea groups is 1. The number of benzene rings is 1. The van der Waals surface area contributed by atoms with Crippen molar-refractivity contribution in [3.8, 4) is 0 Å². The topological polar surface area (TPSA) is 102 Å². The van der Waals surface area contributed by atoms with Crippen LogP contribution < -0.4 is 39.2 Å². The van der Waals surface area contributed by atoms with Gasteiger partial charge in [-0.2, -0.15) is 5.10 Å². The van der Waals surface area contributed by atoms with Gasteiger partial charge >= 0.3 is 29.6 Å². The minimum atomic E-state index is -4.28. The van der Waals surface area contributed by atoms with E-state index in [0.29, 0.717) is 18.5 Å². The molecule has 11 heteroatoms. The average Bonchev–Trinajstić information content (AvgIpc) is 3.55. The molecule has 36 heavy (non-hydrogen) atoms. The number of carbonyl (C=O) groups is 1. The number of aromatic nitrogens is 2. The second-order valence-electron chi connectivity index (χ2n) is 10.3. The third kappa shape index (κ3) is 5.48. The van der Waals surface area contributed by atoms with Crippen LogP contribution >= 0.6 is 0 Å². The SMILES string of the molecule is CC(C)n1cc(N(C2CCN(C)CC2)S(=O)(=O)[N-]C(=O)Nc2c3c(cc4c2CCC4)CCC3)cn1.[Na+]. The number of aryl methyl sites for hydroxylation is 2. The Hall–Kier alpha value is -1.59. The molecule has 2 heterocycles. The first-order valence-corrected chi connectivity index (χ1v) is 14.1. The molecule has 1 fully saturated rings. The summed E-state index contributed by atoms with van der Waals surface area (Å²) in [6, 6.07) is 1.27. The number of carbonyl (C=O) groups excluding carboxylic acids is 1. The minimum absolute atomic E-state index is 0. The van der Waals surface area contributed by atoms with Crippen LogP contribution in [0.1, 0.15) is 67.8 Å². The van der Waals surface area contributed by atoms with Crippen molar-refractivity contribution < 1.29 is 42.8 Å². The van der Waals surface area contributed by atoms with Crippen LogP contribution in [0, 0.1) is 0 Å². The largest absolute Gasteiger partial charge is 1.00 e. The summed E-state index contributed by atoms with van der Waals surface area (Å²) < 4.78 is 34.0. The standard InChI is InChI=1S/C25H36N6O3S.Na/c1-17(2)30-16-21(15-26-30)31(20-10-12-29(3)13-11-20)35(33,34)28-25(32)27-24-22-8-4-6-18(22)14-19-7-5-9-23(19)24;/h14-17,20H,4-13H2,1-3H3,(H2,27,28,32);/q;+1/p-1. The molecule has 2 aromatic rings. The fraction of sp³-hybridized carbons (Fsp3) is 0.600. The van der Waals surface area contributed by atoms with Crippen molar-refractivity contribution in [1.82, 2.24) is 14.7 Å². The van der Waals surface area contributed by atoms with E-state index in [1.807, 2.05) is 20.9 Å². The van der Waals surface area contributed by atoms with E-state index in [1.165, 1.54) is 15.4 Å². The Labute approximate surface area is 236 Å². The summed E-state index contributed by atoms with van der Waals surface area (Å²) in [6.07, 6.45) is 10.5. The number of likely N-dealkylation sites (tertiary alicyclic amines) is 1. The van der Waals surface area contributed by atoms with Crippen LogP contribution in [0.3, 0.4) is 0 Å². The van der Waals surface area contributed by atoms with Gasteiger partial charge < -0.3 is 14.9 Å². The van der Waals surface area contributed by atoms with Gasteiger partial charge in [0.15, 0.2) is 6.03 Å². The van der Waals surface area contributed by atoms with Crippen molar-refractivity contribution in [2.24, 2.45) is 0 Å². The summed E-state index contributed by atoms with van der Waals surface area (Å²) in [5.41, 5.74) is 6.10. The molecule has 0 saturated carbocycles. The fourth-order valence-electron chi connectivity index (χ4n) is 5.73. The van der Waals surface area contributed by atoms with E-state index in [9.17, 15) is 13.2 Å². The quantitative estimate of drug-likeness (QED) is 0.575. The number of piperidine rings is 1. The minimum Gasteiger partial charge on any atom is -0.423 e. The smallest absolute Gasteiger partial charge is 0.423 e. The van der Waals surface area contributed by atoms with Crippen LogP contribution in [0.5, 0.6) is 0 Å². The first-order chi connectivity index (χ1) is 16.7. The third-order valence-electron chi connectivity index (χ3n) is 7.54. The number of anilines is 2. The van der Waals surface area contributed by atoms with Crippen molar-refractivity contribution in [1.29, 1.82) is 0 Å². The Kier molecular flexibility index (Phi) is 8.41. The van der Waals surface area contributed by atoms with Crippen molar-refractivity contribution in [2.45, 2.75) is 77.3 Å². The van der Waals surface area contributed by atoms with E-state index in [2.05, 4.69) is 26.1 Å². The van der Waals surface area contributed by atoms with E-state index in [4.69, 9.17) is 0 Å². The summed E-state index contributed by atoms with van der Waals surface area (Å²) in [6.45, 7) is 5.53. The van der Waals surface area contributed by atoms with E-state index in [1.54, 1.807) is 17.1 Å². The molecule has 5 rings (SSSR count). The number of fused-ring (bicyclic) bond motifs is 2. The van der Waals surface area contributed by atoms with Crippen molar-refractivity contribution in [2.75, 3.05) is 29.8 Å². The van der Waals surface area contributed by atoms with E-state index in [-0.39, 0.29) is 41.6 Å². The van der Waals surface area contributed by atoms with Gasteiger partial charge in [-0.3, -0.25) is 13.8 Å². The third-order valence-corrected chi connectivity index (χ3v) is 8.95. The van der Waals surface area contributed by atoms with Crippen molar-refractivity contribution in [3.05, 3.63) is 45.4 Å². The number of nitrogens with one attached hydrogen (secondary N) is 1. The maximum absolute atomic E-state index is 13.6. The molecule has 2 amide bonds. The Balaban J connectivity index is 0.00000304. The molecular formula is C25H35N6NaO3S. The molecule has 0 bridgehead atoms. The predicted molar refractivity (Wildman–Crippen MR) is 137 cm³/mol. The Morgan fingerprint density at radius 2 is 1.72 bits per heavy atom. The van der Waals surface area contributed by atoms with E-state index < -0.39 is 16.2 Å². The van der Waals surface area contributed by atoms with E-state index >= 15 is 0 Å². The molecule has 2 aliphatic carbocycles. The Morgan fingerprint density at radius 1 is 1.11 bits per heavy atom. The first kappa shape index (κ1) is 27.4. The fourth-order valence-corrected chi connectivity index (χ4v) is 7.02. The van der Waals surface area contributed by atoms with Gasteiger partial charge in [0, 0.05) is 18.3 Å².